The summed E-state index contributed by atoms with van der Waals surface area (Å²) in [5, 5.41) is 0. The summed E-state index contributed by atoms with van der Waals surface area (Å²) >= 11 is 0. The Morgan fingerprint density at radius 1 is 1.30 bits per heavy atom. The van der Waals surface area contributed by atoms with Gasteiger partial charge in [-0.2, -0.15) is 0 Å². The molecule has 1 aliphatic carbocycles. The molecule has 1 N–H and O–H groups in total. The molecule has 2 heteroatoms. The van der Waals surface area contributed by atoms with Crippen LogP contribution in [0.25, 0.3) is 0 Å². The molecule has 0 saturated carbocycles. The smallest absolute Gasteiger partial charge is 0.103 e. The van der Waals surface area contributed by atoms with Crippen molar-refractivity contribution in [2.45, 2.75) is 32.6 Å². The van der Waals surface area contributed by atoms with Crippen molar-refractivity contribution in [2.75, 3.05) is 0 Å². The molecular weight excluding hydrogens is 124 g/mol. The first-order valence-corrected chi connectivity index (χ1v) is 3.90. The summed E-state index contributed by atoms with van der Waals surface area (Å²) in [4.78, 5) is 7.68. The Hall–Kier alpha value is -0.790. The van der Waals surface area contributed by atoms with Crippen LogP contribution in [0.15, 0.2) is 0 Å². The van der Waals surface area contributed by atoms with Gasteiger partial charge >= 0.3 is 0 Å². The van der Waals surface area contributed by atoms with E-state index >= 15 is 0 Å². The van der Waals surface area contributed by atoms with Crippen LogP contribution in [-0.2, 0) is 12.8 Å². The van der Waals surface area contributed by atoms with E-state index in [0.717, 1.165) is 5.82 Å². The monoisotopic (exact) mass is 136 g/mol. The Balaban J connectivity index is 2.41. The zero-order valence-electron chi connectivity index (χ0n) is 6.28. The number of aromatic nitrogens is 2. The highest BCUT2D eigenvalue weighted by Crippen LogP contribution is 2.17. The van der Waals surface area contributed by atoms with Crippen LogP contribution in [-0.4, -0.2) is 9.97 Å². The number of hydrogen-bond donors (Lipinski definition) is 1. The molecule has 1 heterocycles. The fraction of sp³-hybridized carbons (Fsp3) is 0.625. The maximum Gasteiger partial charge on any atom is 0.103 e. The van der Waals surface area contributed by atoms with Gasteiger partial charge in [-0.15, -0.1) is 0 Å². The molecule has 0 amide bonds. The minimum Gasteiger partial charge on any atom is -0.346 e. The van der Waals surface area contributed by atoms with Gasteiger partial charge in [0.2, 0.25) is 0 Å². The highest BCUT2D eigenvalue weighted by atomic mass is 14.9. The minimum atomic E-state index is 1.08. The fourth-order valence-electron chi connectivity index (χ4n) is 1.60. The quantitative estimate of drug-likeness (QED) is 0.576. The highest BCUT2D eigenvalue weighted by Gasteiger charge is 2.11. The molecule has 0 aromatic carbocycles. The number of fused-ring (bicyclic) bond motifs is 1. The SMILES string of the molecule is Cc1nc2c([nH]1)CCCC2. The van der Waals surface area contributed by atoms with Crippen LogP contribution < -0.4 is 0 Å². The molecule has 0 unspecified atom stereocenters. The molecular formula is C8H12N2. The zero-order valence-corrected chi connectivity index (χ0v) is 6.28. The second-order valence-corrected chi connectivity index (χ2v) is 2.95. The Morgan fingerprint density at radius 2 is 2.10 bits per heavy atom. The summed E-state index contributed by atoms with van der Waals surface area (Å²) in [6, 6.07) is 0. The van der Waals surface area contributed by atoms with Gasteiger partial charge in [-0.3, -0.25) is 0 Å². The van der Waals surface area contributed by atoms with Gasteiger partial charge in [-0.25, -0.2) is 4.98 Å². The summed E-state index contributed by atoms with van der Waals surface area (Å²) in [6.45, 7) is 2.03. The number of nitrogens with zero attached hydrogens (tertiary/aromatic N) is 1. The molecule has 0 aliphatic heterocycles. The largest absolute Gasteiger partial charge is 0.346 e. The third kappa shape index (κ3) is 0.838. The fourth-order valence-corrected chi connectivity index (χ4v) is 1.60. The lowest BCUT2D eigenvalue weighted by molar-refractivity contribution is 0.667. The first kappa shape index (κ1) is 5.96. The maximum atomic E-state index is 4.40. The van der Waals surface area contributed by atoms with Crippen LogP contribution in [0.4, 0.5) is 0 Å². The molecule has 2 rings (SSSR count). The van der Waals surface area contributed by atoms with Crippen LogP contribution in [0.5, 0.6) is 0 Å². The van der Waals surface area contributed by atoms with E-state index in [1.807, 2.05) is 6.92 Å². The van der Waals surface area contributed by atoms with Crippen LogP contribution in [0, 0.1) is 6.92 Å². The molecule has 0 spiro atoms. The molecule has 0 fully saturated rings. The maximum absolute atomic E-state index is 4.40. The van der Waals surface area contributed by atoms with Crippen LogP contribution >= 0.6 is 0 Å². The number of nitrogens with one attached hydrogen (secondary N) is 1. The lowest BCUT2D eigenvalue weighted by Crippen LogP contribution is -2.00. The zero-order chi connectivity index (χ0) is 6.97. The van der Waals surface area contributed by atoms with Gasteiger partial charge in [0, 0.05) is 5.69 Å². The van der Waals surface area contributed by atoms with Gasteiger partial charge in [-0.05, 0) is 32.6 Å². The standard InChI is InChI=1S/C8H12N2/c1-6-9-7-4-2-3-5-8(7)10-6/h2-5H2,1H3,(H,9,10). The Kier molecular flexibility index (Phi) is 1.26. The van der Waals surface area contributed by atoms with Gasteiger partial charge in [-0.1, -0.05) is 0 Å². The van der Waals surface area contributed by atoms with Crippen molar-refractivity contribution in [2.24, 2.45) is 0 Å². The van der Waals surface area contributed by atoms with Crippen LogP contribution in [0.2, 0.25) is 0 Å². The van der Waals surface area contributed by atoms with Gasteiger partial charge < -0.3 is 4.98 Å². The predicted molar refractivity (Wildman–Crippen MR) is 40.0 cm³/mol. The Labute approximate surface area is 60.7 Å². The lowest BCUT2D eigenvalue weighted by Gasteiger charge is -2.07. The Morgan fingerprint density at radius 3 is 2.90 bits per heavy atom. The minimum absolute atomic E-state index is 1.08. The number of imidazole rings is 1. The van der Waals surface area contributed by atoms with Crippen molar-refractivity contribution < 1.29 is 0 Å². The van der Waals surface area contributed by atoms with E-state index in [0.29, 0.717) is 0 Å². The predicted octanol–water partition coefficient (Wildman–Crippen LogP) is 1.60. The van der Waals surface area contributed by atoms with Crippen molar-refractivity contribution in [3.63, 3.8) is 0 Å². The number of aryl methyl sites for hydroxylation is 3. The van der Waals surface area contributed by atoms with Gasteiger partial charge in [0.25, 0.3) is 0 Å². The first-order valence-electron chi connectivity index (χ1n) is 3.90. The van der Waals surface area contributed by atoms with Crippen molar-refractivity contribution in [1.29, 1.82) is 0 Å². The lowest BCUT2D eigenvalue weighted by atomic mass is 10.0. The number of aromatic amines is 1. The van der Waals surface area contributed by atoms with E-state index in [4.69, 9.17) is 0 Å². The topological polar surface area (TPSA) is 28.7 Å². The third-order valence-corrected chi connectivity index (χ3v) is 2.07. The van der Waals surface area contributed by atoms with Gasteiger partial charge in [0.1, 0.15) is 5.82 Å². The van der Waals surface area contributed by atoms with E-state index in [9.17, 15) is 0 Å². The molecule has 1 aromatic rings. The second-order valence-electron chi connectivity index (χ2n) is 2.95. The van der Waals surface area contributed by atoms with E-state index < -0.39 is 0 Å². The number of H-pyrrole nitrogens is 1. The first-order chi connectivity index (χ1) is 4.86. The number of rotatable bonds is 0. The van der Waals surface area contributed by atoms with Crippen molar-refractivity contribution in [3.05, 3.63) is 17.2 Å². The van der Waals surface area contributed by atoms with E-state index in [-0.39, 0.29) is 0 Å². The third-order valence-electron chi connectivity index (χ3n) is 2.07. The van der Waals surface area contributed by atoms with E-state index in [1.165, 1.54) is 37.1 Å². The van der Waals surface area contributed by atoms with Crippen LogP contribution in [0.1, 0.15) is 30.1 Å². The van der Waals surface area contributed by atoms with Crippen LogP contribution in [0.3, 0.4) is 0 Å². The highest BCUT2D eigenvalue weighted by molar-refractivity contribution is 5.16. The number of hydrogen-bond acceptors (Lipinski definition) is 1. The van der Waals surface area contributed by atoms with E-state index in [2.05, 4.69) is 9.97 Å². The summed E-state index contributed by atoms with van der Waals surface area (Å²) < 4.78 is 0. The molecule has 54 valence electrons. The average molecular weight is 136 g/mol. The molecule has 1 aromatic heterocycles. The summed E-state index contributed by atoms with van der Waals surface area (Å²) in [5.41, 5.74) is 2.69. The van der Waals surface area contributed by atoms with E-state index in [1.54, 1.807) is 0 Å². The van der Waals surface area contributed by atoms with Crippen molar-refractivity contribution in [3.8, 4) is 0 Å². The molecule has 0 atom stereocenters. The Bertz CT molecular complexity index is 214. The normalized spacial score (nSPS) is 16.9. The summed E-state index contributed by atoms with van der Waals surface area (Å²) in [5.74, 6) is 1.08. The summed E-state index contributed by atoms with van der Waals surface area (Å²) in [6.07, 6.45) is 5.03. The van der Waals surface area contributed by atoms with Crippen molar-refractivity contribution >= 4 is 0 Å². The average Bonchev–Trinajstić information content (AvgIpc) is 2.27. The summed E-state index contributed by atoms with van der Waals surface area (Å²) in [7, 11) is 0. The second kappa shape index (κ2) is 2.11. The molecule has 0 saturated heterocycles. The van der Waals surface area contributed by atoms with Gasteiger partial charge in [0.15, 0.2) is 0 Å². The van der Waals surface area contributed by atoms with Gasteiger partial charge in [0.05, 0.1) is 5.69 Å². The molecule has 10 heavy (non-hydrogen) atoms. The molecule has 1 aliphatic rings. The molecule has 0 radical (unpaired) electrons. The van der Waals surface area contributed by atoms with Crippen molar-refractivity contribution in [1.82, 2.24) is 9.97 Å². The molecule has 0 bridgehead atoms. The molecule has 2 nitrogen and oxygen atoms in total.